The zero-order valence-electron chi connectivity index (χ0n) is 21.2. The van der Waals surface area contributed by atoms with Crippen LogP contribution in [0.2, 0.25) is 0 Å². The molecule has 15 heteroatoms. The number of carbonyl (C=O) groups is 1. The van der Waals surface area contributed by atoms with Gasteiger partial charge in [0.25, 0.3) is 0 Å². The third kappa shape index (κ3) is 6.76. The molecule has 6 atom stereocenters. The molecule has 1 aliphatic rings. The number of anilines is 1. The van der Waals surface area contributed by atoms with Crippen LogP contribution in [0.3, 0.4) is 0 Å². The predicted octanol–water partition coefficient (Wildman–Crippen LogP) is 0.760. The van der Waals surface area contributed by atoms with Crippen LogP contribution in [0.25, 0.3) is 0 Å². The summed E-state index contributed by atoms with van der Waals surface area (Å²) in [5.41, 5.74) is 9.17. The smallest absolute Gasteiger partial charge is 0.461 e. The second-order valence-corrected chi connectivity index (χ2v) is 10.1. The molecular formula is C23H30N5O9P. The van der Waals surface area contributed by atoms with Crippen molar-refractivity contribution in [3.63, 3.8) is 0 Å². The highest BCUT2D eigenvalue weighted by Gasteiger charge is 2.55. The number of nitrogens with zero attached hydrogens (tertiary/aromatic N) is 3. The zero-order valence-corrected chi connectivity index (χ0v) is 22.1. The van der Waals surface area contributed by atoms with Crippen LogP contribution in [0.1, 0.15) is 33.9 Å². The summed E-state index contributed by atoms with van der Waals surface area (Å²) < 4.78 is 41.8. The van der Waals surface area contributed by atoms with Gasteiger partial charge < -0.3 is 30.6 Å². The summed E-state index contributed by atoms with van der Waals surface area (Å²) in [5, 5.41) is 11.0. The minimum atomic E-state index is -4.52. The summed E-state index contributed by atoms with van der Waals surface area (Å²) in [5.74, 6) is 4.32. The van der Waals surface area contributed by atoms with E-state index in [0.29, 0.717) is 0 Å². The number of para-hydroxylation sites is 1. The number of nitrogen functional groups attached to an aromatic ring is 1. The van der Waals surface area contributed by atoms with Gasteiger partial charge in [0.05, 0.1) is 12.7 Å². The number of nitrogens with two attached hydrogens (primary N) is 2. The lowest BCUT2D eigenvalue weighted by Gasteiger charge is -2.27. The quantitative estimate of drug-likeness (QED) is 0.212. The maximum atomic E-state index is 13.6. The number of hydrogen-bond acceptors (Lipinski definition) is 13. The maximum absolute atomic E-state index is 13.6. The van der Waals surface area contributed by atoms with E-state index in [1.54, 1.807) is 32.0 Å². The summed E-state index contributed by atoms with van der Waals surface area (Å²) in [6.07, 6.45) is -4.90. The Hall–Kier alpha value is -3.31. The molecule has 1 aliphatic heterocycles. The van der Waals surface area contributed by atoms with E-state index in [1.165, 1.54) is 26.0 Å². The number of benzene rings is 1. The molecule has 0 bridgehead atoms. The largest absolute Gasteiger partial charge is 0.530 e. The Labute approximate surface area is 218 Å². The van der Waals surface area contributed by atoms with Crippen molar-refractivity contribution >= 4 is 19.7 Å². The number of esters is 1. The molecule has 0 saturated carbocycles. The van der Waals surface area contributed by atoms with Crippen LogP contribution in [0.15, 0.2) is 41.5 Å². The maximum Gasteiger partial charge on any atom is 0.530 e. The molecule has 1 aromatic heterocycles. The summed E-state index contributed by atoms with van der Waals surface area (Å²) in [7, 11) is -4.52. The van der Waals surface area contributed by atoms with Crippen LogP contribution in [-0.2, 0) is 27.9 Å². The molecule has 1 aromatic carbocycles. The van der Waals surface area contributed by atoms with E-state index in [-0.39, 0.29) is 11.7 Å². The highest BCUT2D eigenvalue weighted by molar-refractivity contribution is 7.49. The van der Waals surface area contributed by atoms with Crippen LogP contribution in [0, 0.1) is 11.8 Å². The first-order chi connectivity index (χ1) is 17.9. The van der Waals surface area contributed by atoms with Crippen molar-refractivity contribution in [2.24, 2.45) is 5.73 Å². The Bertz CT molecular complexity index is 1300. The molecule has 2 aromatic rings. The fraction of sp³-hybridized carbons (Fsp3) is 0.478. The lowest BCUT2D eigenvalue weighted by atomic mass is 9.91. The fourth-order valence-corrected chi connectivity index (χ4v) is 4.86. The van der Waals surface area contributed by atoms with Crippen LogP contribution in [-0.4, -0.2) is 62.2 Å². The molecule has 2 unspecified atom stereocenters. The first-order valence-corrected chi connectivity index (χ1v) is 13.0. The van der Waals surface area contributed by atoms with Gasteiger partial charge in [-0.1, -0.05) is 24.1 Å². The van der Waals surface area contributed by atoms with Crippen molar-refractivity contribution in [1.82, 2.24) is 14.5 Å². The van der Waals surface area contributed by atoms with Gasteiger partial charge in [-0.05, 0) is 39.8 Å². The van der Waals surface area contributed by atoms with Gasteiger partial charge in [0.2, 0.25) is 5.95 Å². The lowest BCUT2D eigenvalue weighted by molar-refractivity contribution is -0.156. The fourth-order valence-electron chi connectivity index (χ4n) is 3.52. The molecule has 206 valence electrons. The van der Waals surface area contributed by atoms with Gasteiger partial charge >= 0.3 is 19.5 Å². The van der Waals surface area contributed by atoms with Crippen LogP contribution in [0.4, 0.5) is 5.95 Å². The monoisotopic (exact) mass is 551 g/mol. The number of aliphatic hydroxyl groups is 1. The third-order valence-corrected chi connectivity index (χ3v) is 6.70. The summed E-state index contributed by atoms with van der Waals surface area (Å²) >= 11 is 0. The Morgan fingerprint density at radius 2 is 2.00 bits per heavy atom. The molecule has 1 fully saturated rings. The van der Waals surface area contributed by atoms with E-state index in [4.69, 9.17) is 34.5 Å². The number of aromatic nitrogens is 3. The van der Waals surface area contributed by atoms with Crippen LogP contribution >= 0.6 is 7.82 Å². The number of rotatable bonds is 10. The Kier molecular flexibility index (Phi) is 9.26. The van der Waals surface area contributed by atoms with Crippen molar-refractivity contribution < 1.29 is 37.5 Å². The molecule has 0 spiro atoms. The van der Waals surface area contributed by atoms with Crippen molar-refractivity contribution in [3.8, 4) is 17.6 Å². The molecule has 2 heterocycles. The lowest BCUT2D eigenvalue weighted by Crippen LogP contribution is -2.55. The van der Waals surface area contributed by atoms with Gasteiger partial charge in [-0.3, -0.25) is 13.6 Å². The number of ether oxygens (including phenoxy) is 2. The molecule has 0 aliphatic carbocycles. The number of carbonyl (C=O) groups excluding carboxylic acids is 1. The van der Waals surface area contributed by atoms with Gasteiger partial charge in [-0.25, -0.2) is 19.1 Å². The number of hydrogen-bond donors (Lipinski definition) is 3. The van der Waals surface area contributed by atoms with Crippen molar-refractivity contribution in [3.05, 3.63) is 47.1 Å². The van der Waals surface area contributed by atoms with E-state index >= 15 is 0 Å². The SMILES string of the molecule is CC#CC1(N)[C@@H](O)[C@@H](COP(=O)(Oc2ccccc2)O[C@@H](C)C(=O)OC(C)C)O[C@H]1n1cnc(N)nc1=O. The van der Waals surface area contributed by atoms with E-state index < -0.39 is 62.3 Å². The standard InChI is InChI=1S/C23H30N5O9P/c1-5-11-23(25)18(29)17(35-20(23)28-13-26-21(24)27-22(28)31)12-33-38(32,37-16-9-7-6-8-10-16)36-15(4)19(30)34-14(2)3/h6-10,13-15,17-18,20,29H,12,25H2,1-4H3,(H2,24,27,31)/t15-,17+,18-,20+,23?,38?/m0/s1. The molecule has 1 saturated heterocycles. The molecule has 0 amide bonds. The molecule has 3 rings (SSSR count). The number of phosphoric acid groups is 1. The normalized spacial score (nSPS) is 25.2. The minimum absolute atomic E-state index is 0.127. The van der Waals surface area contributed by atoms with Crippen LogP contribution in [0.5, 0.6) is 5.75 Å². The average molecular weight is 551 g/mol. The Morgan fingerprint density at radius 1 is 1.32 bits per heavy atom. The van der Waals surface area contributed by atoms with Gasteiger partial charge in [-0.2, -0.15) is 4.98 Å². The topological polar surface area (TPSA) is 200 Å². The van der Waals surface area contributed by atoms with Gasteiger partial charge in [-0.15, -0.1) is 5.92 Å². The van der Waals surface area contributed by atoms with E-state index in [0.717, 1.165) is 10.9 Å². The van der Waals surface area contributed by atoms with Crippen molar-refractivity contribution in [2.45, 2.75) is 63.9 Å². The van der Waals surface area contributed by atoms with Gasteiger partial charge in [0.1, 0.15) is 24.3 Å². The number of phosphoric ester groups is 1. The van der Waals surface area contributed by atoms with Gasteiger partial charge in [0.15, 0.2) is 17.9 Å². The second-order valence-electron chi connectivity index (χ2n) is 8.56. The van der Waals surface area contributed by atoms with Crippen LogP contribution < -0.4 is 21.7 Å². The van der Waals surface area contributed by atoms with E-state index in [9.17, 15) is 19.3 Å². The van der Waals surface area contributed by atoms with E-state index in [2.05, 4.69) is 21.8 Å². The number of aliphatic hydroxyl groups excluding tert-OH is 1. The molecule has 0 radical (unpaired) electrons. The molecule has 38 heavy (non-hydrogen) atoms. The van der Waals surface area contributed by atoms with Gasteiger partial charge in [0, 0.05) is 0 Å². The molecule has 5 N–H and O–H groups in total. The highest BCUT2D eigenvalue weighted by atomic mass is 31.2. The summed E-state index contributed by atoms with van der Waals surface area (Å²) in [6, 6.07) is 7.97. The minimum Gasteiger partial charge on any atom is -0.461 e. The Morgan fingerprint density at radius 3 is 2.61 bits per heavy atom. The Balaban J connectivity index is 1.86. The van der Waals surface area contributed by atoms with Crippen molar-refractivity contribution in [2.75, 3.05) is 12.3 Å². The summed E-state index contributed by atoms with van der Waals surface area (Å²) in [6.45, 7) is 5.50. The van der Waals surface area contributed by atoms with Crippen molar-refractivity contribution in [1.29, 1.82) is 0 Å². The predicted molar refractivity (Wildman–Crippen MR) is 133 cm³/mol. The molecule has 14 nitrogen and oxygen atoms in total. The molecular weight excluding hydrogens is 521 g/mol. The zero-order chi connectivity index (χ0) is 28.1. The second kappa shape index (κ2) is 12.0. The third-order valence-electron chi connectivity index (χ3n) is 5.22. The first kappa shape index (κ1) is 29.2. The first-order valence-electron chi connectivity index (χ1n) is 11.5. The highest BCUT2D eigenvalue weighted by Crippen LogP contribution is 2.51. The summed E-state index contributed by atoms with van der Waals surface area (Å²) in [4.78, 5) is 32.0. The van der Waals surface area contributed by atoms with E-state index in [1.807, 2.05) is 0 Å². The average Bonchev–Trinajstić information content (AvgIpc) is 3.08.